The van der Waals surface area contributed by atoms with Crippen LogP contribution in [-0.4, -0.2) is 27.8 Å². The van der Waals surface area contributed by atoms with Crippen LogP contribution < -0.4 is 0 Å². The smallest absolute Gasteiger partial charge is 0.115 e. The van der Waals surface area contributed by atoms with Crippen molar-refractivity contribution >= 4 is 0 Å². The molecule has 2 heterocycles. The molecule has 15 heavy (non-hydrogen) atoms. The molecule has 0 bridgehead atoms. The van der Waals surface area contributed by atoms with Crippen molar-refractivity contribution in [3.63, 3.8) is 0 Å². The average molecular weight is 208 g/mol. The van der Waals surface area contributed by atoms with Gasteiger partial charge in [-0.2, -0.15) is 0 Å². The number of nitrogens with zero attached hydrogens (tertiary/aromatic N) is 2. The van der Waals surface area contributed by atoms with Gasteiger partial charge in [0, 0.05) is 12.8 Å². The van der Waals surface area contributed by atoms with E-state index in [1.54, 1.807) is 12.3 Å². The van der Waals surface area contributed by atoms with Gasteiger partial charge in [0.05, 0.1) is 17.9 Å². The van der Waals surface area contributed by atoms with Crippen LogP contribution in [-0.2, 0) is 4.74 Å². The highest BCUT2D eigenvalue weighted by Gasteiger charge is 2.17. The highest BCUT2D eigenvalue weighted by atomic mass is 16.5. The first kappa shape index (κ1) is 10.5. The second-order valence-electron chi connectivity index (χ2n) is 3.86. The van der Waals surface area contributed by atoms with E-state index in [4.69, 9.17) is 4.74 Å². The number of aliphatic hydroxyl groups excluding tert-OH is 1. The third-order valence-corrected chi connectivity index (χ3v) is 2.73. The molecule has 1 fully saturated rings. The summed E-state index contributed by atoms with van der Waals surface area (Å²) in [6, 6.07) is 1.75. The summed E-state index contributed by atoms with van der Waals surface area (Å²) in [4.78, 5) is 7.84. The van der Waals surface area contributed by atoms with Gasteiger partial charge in [0.25, 0.3) is 0 Å². The standard InChI is InChI=1S/C11H16N2O2/c14-11(10-5-6-12-8-13-10)4-3-9-2-1-7-15-9/h5-6,8-9,11,14H,1-4,7H2. The third-order valence-electron chi connectivity index (χ3n) is 2.73. The average Bonchev–Trinajstić information content (AvgIpc) is 2.80. The van der Waals surface area contributed by atoms with Crippen molar-refractivity contribution in [2.75, 3.05) is 6.61 Å². The zero-order valence-electron chi connectivity index (χ0n) is 8.67. The fourth-order valence-corrected chi connectivity index (χ4v) is 1.86. The summed E-state index contributed by atoms with van der Waals surface area (Å²) < 4.78 is 5.50. The van der Waals surface area contributed by atoms with Crippen LogP contribution in [0.1, 0.15) is 37.5 Å². The lowest BCUT2D eigenvalue weighted by molar-refractivity contribution is 0.0801. The van der Waals surface area contributed by atoms with Crippen molar-refractivity contribution in [3.8, 4) is 0 Å². The lowest BCUT2D eigenvalue weighted by Gasteiger charge is -2.12. The summed E-state index contributed by atoms with van der Waals surface area (Å²) in [5, 5.41) is 9.84. The summed E-state index contributed by atoms with van der Waals surface area (Å²) in [7, 11) is 0. The molecule has 82 valence electrons. The number of ether oxygens (including phenoxy) is 1. The van der Waals surface area contributed by atoms with Gasteiger partial charge in [0.15, 0.2) is 0 Å². The summed E-state index contributed by atoms with van der Waals surface area (Å²) in [6.45, 7) is 0.869. The number of hydrogen-bond donors (Lipinski definition) is 1. The highest BCUT2D eigenvalue weighted by Crippen LogP contribution is 2.22. The Balaban J connectivity index is 1.79. The van der Waals surface area contributed by atoms with Crippen LogP contribution >= 0.6 is 0 Å². The maximum atomic E-state index is 9.84. The van der Waals surface area contributed by atoms with Crippen LogP contribution in [0.15, 0.2) is 18.6 Å². The molecular weight excluding hydrogens is 192 g/mol. The van der Waals surface area contributed by atoms with Crippen LogP contribution in [0.4, 0.5) is 0 Å². The summed E-state index contributed by atoms with van der Waals surface area (Å²) in [5.41, 5.74) is 0.697. The van der Waals surface area contributed by atoms with Crippen LogP contribution in [0.3, 0.4) is 0 Å². The van der Waals surface area contributed by atoms with Gasteiger partial charge < -0.3 is 9.84 Å². The molecule has 1 saturated heterocycles. The van der Waals surface area contributed by atoms with Crippen molar-refractivity contribution in [1.29, 1.82) is 0 Å². The summed E-state index contributed by atoms with van der Waals surface area (Å²) in [6.07, 6.45) is 6.85. The second-order valence-corrected chi connectivity index (χ2v) is 3.86. The normalized spacial score (nSPS) is 22.9. The van der Waals surface area contributed by atoms with Crippen molar-refractivity contribution in [2.24, 2.45) is 0 Å². The fraction of sp³-hybridized carbons (Fsp3) is 0.636. The predicted octanol–water partition coefficient (Wildman–Crippen LogP) is 1.47. The molecule has 0 amide bonds. The summed E-state index contributed by atoms with van der Waals surface area (Å²) >= 11 is 0. The zero-order chi connectivity index (χ0) is 10.5. The first-order valence-corrected chi connectivity index (χ1v) is 5.42. The molecule has 0 aliphatic carbocycles. The van der Waals surface area contributed by atoms with Crippen molar-refractivity contribution < 1.29 is 9.84 Å². The van der Waals surface area contributed by atoms with E-state index < -0.39 is 6.10 Å². The molecule has 0 aromatic carbocycles. The van der Waals surface area contributed by atoms with Gasteiger partial charge >= 0.3 is 0 Å². The Kier molecular flexibility index (Phi) is 3.64. The quantitative estimate of drug-likeness (QED) is 0.814. The van der Waals surface area contributed by atoms with Gasteiger partial charge in [0.2, 0.25) is 0 Å². The number of hydrogen-bond acceptors (Lipinski definition) is 4. The van der Waals surface area contributed by atoms with E-state index >= 15 is 0 Å². The predicted molar refractivity (Wildman–Crippen MR) is 55.2 cm³/mol. The van der Waals surface area contributed by atoms with Crippen LogP contribution in [0.5, 0.6) is 0 Å². The van der Waals surface area contributed by atoms with Crippen LogP contribution in [0, 0.1) is 0 Å². The lowest BCUT2D eigenvalue weighted by Crippen LogP contribution is -2.08. The summed E-state index contributed by atoms with van der Waals surface area (Å²) in [5.74, 6) is 0. The molecule has 1 aromatic rings. The molecule has 2 atom stereocenters. The van der Waals surface area contributed by atoms with E-state index in [0.717, 1.165) is 25.9 Å². The van der Waals surface area contributed by atoms with Gasteiger partial charge in [-0.05, 0) is 31.7 Å². The first-order chi connectivity index (χ1) is 7.36. The van der Waals surface area contributed by atoms with E-state index in [2.05, 4.69) is 9.97 Å². The minimum atomic E-state index is -0.489. The van der Waals surface area contributed by atoms with Gasteiger partial charge in [-0.3, -0.25) is 0 Å². The maximum Gasteiger partial charge on any atom is 0.115 e. The molecule has 1 aliphatic heterocycles. The van der Waals surface area contributed by atoms with Crippen molar-refractivity contribution in [1.82, 2.24) is 9.97 Å². The van der Waals surface area contributed by atoms with Crippen LogP contribution in [0.25, 0.3) is 0 Å². The highest BCUT2D eigenvalue weighted by molar-refractivity contribution is 5.01. The van der Waals surface area contributed by atoms with Crippen molar-refractivity contribution in [2.45, 2.75) is 37.9 Å². The second kappa shape index (κ2) is 5.19. The Morgan fingerprint density at radius 3 is 3.20 bits per heavy atom. The van der Waals surface area contributed by atoms with Crippen molar-refractivity contribution in [3.05, 3.63) is 24.3 Å². The van der Waals surface area contributed by atoms with Crippen LogP contribution in [0.2, 0.25) is 0 Å². The maximum absolute atomic E-state index is 9.84. The molecular formula is C11H16N2O2. The Bertz CT molecular complexity index is 286. The molecule has 4 nitrogen and oxygen atoms in total. The zero-order valence-corrected chi connectivity index (χ0v) is 8.67. The molecule has 4 heteroatoms. The van der Waals surface area contributed by atoms with Gasteiger partial charge in [-0.1, -0.05) is 0 Å². The Morgan fingerprint density at radius 2 is 2.53 bits per heavy atom. The molecule has 0 spiro atoms. The lowest BCUT2D eigenvalue weighted by atomic mass is 10.1. The van der Waals surface area contributed by atoms with E-state index in [-0.39, 0.29) is 0 Å². The largest absolute Gasteiger partial charge is 0.387 e. The van der Waals surface area contributed by atoms with Gasteiger partial charge in [-0.25, -0.2) is 9.97 Å². The molecule has 1 N–H and O–H groups in total. The fourth-order valence-electron chi connectivity index (χ4n) is 1.86. The molecule has 1 aromatic heterocycles. The molecule has 0 radical (unpaired) electrons. The Labute approximate surface area is 89.3 Å². The van der Waals surface area contributed by atoms with E-state index in [0.29, 0.717) is 18.2 Å². The number of aliphatic hydroxyl groups is 1. The van der Waals surface area contributed by atoms with E-state index in [1.165, 1.54) is 6.33 Å². The number of aromatic nitrogens is 2. The number of rotatable bonds is 4. The third kappa shape index (κ3) is 2.97. The monoisotopic (exact) mass is 208 g/mol. The van der Waals surface area contributed by atoms with E-state index in [9.17, 15) is 5.11 Å². The Morgan fingerprint density at radius 1 is 1.60 bits per heavy atom. The molecule has 1 aliphatic rings. The SMILES string of the molecule is OC(CCC1CCCO1)c1ccncn1. The van der Waals surface area contributed by atoms with Gasteiger partial charge in [0.1, 0.15) is 6.33 Å². The van der Waals surface area contributed by atoms with E-state index in [1.807, 2.05) is 0 Å². The first-order valence-electron chi connectivity index (χ1n) is 5.42. The molecule has 2 unspecified atom stereocenters. The molecule has 2 rings (SSSR count). The Hall–Kier alpha value is -1.00. The topological polar surface area (TPSA) is 55.2 Å². The van der Waals surface area contributed by atoms with Gasteiger partial charge in [-0.15, -0.1) is 0 Å². The molecule has 0 saturated carbocycles. The minimum Gasteiger partial charge on any atom is -0.387 e. The minimum absolute atomic E-state index is 0.335.